The van der Waals surface area contributed by atoms with Crippen molar-refractivity contribution >= 4 is 27.2 Å². The predicted molar refractivity (Wildman–Crippen MR) is 106 cm³/mol. The van der Waals surface area contributed by atoms with E-state index in [9.17, 15) is 4.79 Å². The molecule has 2 heterocycles. The fourth-order valence-electron chi connectivity index (χ4n) is 3.50. The average molecular weight is 387 g/mol. The SMILES string of the molecule is COc1cc(NCc2nc3sc4c(c3c(=O)[nH]2)CCC4)cc(OC)c1OC. The molecule has 7 nitrogen and oxygen atoms in total. The predicted octanol–water partition coefficient (Wildman–Crippen LogP) is 3.11. The third-order valence-corrected chi connectivity index (χ3v) is 5.93. The lowest BCUT2D eigenvalue weighted by molar-refractivity contribution is 0.324. The zero-order chi connectivity index (χ0) is 19.0. The van der Waals surface area contributed by atoms with Crippen LogP contribution in [0.4, 0.5) is 5.69 Å². The molecule has 142 valence electrons. The van der Waals surface area contributed by atoms with Crippen molar-refractivity contribution in [3.63, 3.8) is 0 Å². The number of H-pyrrole nitrogens is 1. The molecule has 2 N–H and O–H groups in total. The second kappa shape index (κ2) is 7.11. The summed E-state index contributed by atoms with van der Waals surface area (Å²) in [7, 11) is 4.71. The molecule has 0 radical (unpaired) electrons. The van der Waals surface area contributed by atoms with Gasteiger partial charge in [0.25, 0.3) is 5.56 Å². The van der Waals surface area contributed by atoms with Gasteiger partial charge in [-0.3, -0.25) is 4.79 Å². The maximum atomic E-state index is 12.5. The quantitative estimate of drug-likeness (QED) is 0.676. The first kappa shape index (κ1) is 17.7. The fourth-order valence-corrected chi connectivity index (χ4v) is 4.78. The molecule has 1 aliphatic carbocycles. The summed E-state index contributed by atoms with van der Waals surface area (Å²) in [6.45, 7) is 0.381. The Hall–Kier alpha value is -2.74. The third kappa shape index (κ3) is 3.10. The molecular formula is C19H21N3O4S. The van der Waals surface area contributed by atoms with Gasteiger partial charge in [0, 0.05) is 22.7 Å². The van der Waals surface area contributed by atoms with Crippen molar-refractivity contribution in [2.45, 2.75) is 25.8 Å². The lowest BCUT2D eigenvalue weighted by Gasteiger charge is -2.15. The summed E-state index contributed by atoms with van der Waals surface area (Å²) < 4.78 is 16.1. The number of benzene rings is 1. The zero-order valence-electron chi connectivity index (χ0n) is 15.5. The van der Waals surface area contributed by atoms with Crippen molar-refractivity contribution in [3.05, 3.63) is 38.8 Å². The molecule has 0 saturated carbocycles. The Morgan fingerprint density at radius 3 is 2.56 bits per heavy atom. The molecular weight excluding hydrogens is 366 g/mol. The number of rotatable bonds is 6. The van der Waals surface area contributed by atoms with E-state index in [1.807, 2.05) is 12.1 Å². The number of ether oxygens (including phenoxy) is 3. The van der Waals surface area contributed by atoms with E-state index in [0.717, 1.165) is 35.2 Å². The summed E-state index contributed by atoms with van der Waals surface area (Å²) in [6.07, 6.45) is 3.15. The van der Waals surface area contributed by atoms with E-state index in [1.165, 1.54) is 10.4 Å². The van der Waals surface area contributed by atoms with E-state index in [-0.39, 0.29) is 5.56 Å². The standard InChI is InChI=1S/C19H21N3O4S/c1-24-12-7-10(8-13(25-2)17(12)26-3)20-9-15-21-18(23)16-11-5-4-6-14(11)27-19(16)22-15/h7-8,20H,4-6,9H2,1-3H3,(H,21,22,23). The van der Waals surface area contributed by atoms with Gasteiger partial charge in [-0.1, -0.05) is 0 Å². The van der Waals surface area contributed by atoms with Crippen LogP contribution in [0.3, 0.4) is 0 Å². The van der Waals surface area contributed by atoms with Gasteiger partial charge in [-0.15, -0.1) is 11.3 Å². The maximum Gasteiger partial charge on any atom is 0.259 e. The van der Waals surface area contributed by atoms with Gasteiger partial charge < -0.3 is 24.5 Å². The largest absolute Gasteiger partial charge is 0.493 e. The molecule has 3 aromatic rings. The van der Waals surface area contributed by atoms with Crippen LogP contribution >= 0.6 is 11.3 Å². The second-order valence-corrected chi connectivity index (χ2v) is 7.40. The summed E-state index contributed by atoms with van der Waals surface area (Å²) in [5, 5.41) is 4.03. The van der Waals surface area contributed by atoms with E-state index < -0.39 is 0 Å². The third-order valence-electron chi connectivity index (χ3n) is 4.75. The molecule has 0 bridgehead atoms. The van der Waals surface area contributed by atoms with E-state index >= 15 is 0 Å². The summed E-state index contributed by atoms with van der Waals surface area (Å²) in [6, 6.07) is 3.63. The Bertz CT molecular complexity index is 1030. The van der Waals surface area contributed by atoms with Crippen LogP contribution in [0.25, 0.3) is 10.2 Å². The Labute approximate surface area is 160 Å². The summed E-state index contributed by atoms with van der Waals surface area (Å²) >= 11 is 1.64. The average Bonchev–Trinajstić information content (AvgIpc) is 3.26. The van der Waals surface area contributed by atoms with Crippen LogP contribution in [0.5, 0.6) is 17.2 Å². The first-order valence-corrected chi connectivity index (χ1v) is 9.53. The van der Waals surface area contributed by atoms with Crippen LogP contribution in [0.15, 0.2) is 16.9 Å². The van der Waals surface area contributed by atoms with E-state index in [0.29, 0.717) is 29.6 Å². The van der Waals surface area contributed by atoms with Crippen LogP contribution in [0.1, 0.15) is 22.7 Å². The summed E-state index contributed by atoms with van der Waals surface area (Å²) in [5.74, 6) is 2.25. The number of aryl methyl sites for hydroxylation is 2. The minimum Gasteiger partial charge on any atom is -0.493 e. The summed E-state index contributed by atoms with van der Waals surface area (Å²) in [4.78, 5) is 22.2. The molecule has 1 aromatic carbocycles. The van der Waals surface area contributed by atoms with Crippen LogP contribution < -0.4 is 25.1 Å². The Morgan fingerprint density at radius 2 is 1.89 bits per heavy atom. The van der Waals surface area contributed by atoms with Crippen LogP contribution in [-0.4, -0.2) is 31.3 Å². The number of thiophene rings is 1. The molecule has 4 rings (SSSR count). The van der Waals surface area contributed by atoms with E-state index in [2.05, 4.69) is 15.3 Å². The number of fused-ring (bicyclic) bond motifs is 3. The summed E-state index contributed by atoms with van der Waals surface area (Å²) in [5.41, 5.74) is 1.91. The highest BCUT2D eigenvalue weighted by Crippen LogP contribution is 2.40. The minimum absolute atomic E-state index is 0.0545. The normalized spacial score (nSPS) is 12.9. The number of aromatic nitrogens is 2. The molecule has 0 fully saturated rings. The topological polar surface area (TPSA) is 85.5 Å². The second-order valence-electron chi connectivity index (χ2n) is 6.32. The Balaban J connectivity index is 1.61. The van der Waals surface area contributed by atoms with Crippen LogP contribution in [0.2, 0.25) is 0 Å². The molecule has 1 aliphatic rings. The van der Waals surface area contributed by atoms with Gasteiger partial charge in [0.2, 0.25) is 5.75 Å². The van der Waals surface area contributed by atoms with Gasteiger partial charge in [-0.2, -0.15) is 0 Å². The highest BCUT2D eigenvalue weighted by molar-refractivity contribution is 7.18. The maximum absolute atomic E-state index is 12.5. The van der Waals surface area contributed by atoms with Gasteiger partial charge in [0.15, 0.2) is 11.5 Å². The van der Waals surface area contributed by atoms with Crippen molar-refractivity contribution in [2.75, 3.05) is 26.6 Å². The lowest BCUT2D eigenvalue weighted by Crippen LogP contribution is -2.14. The highest BCUT2D eigenvalue weighted by Gasteiger charge is 2.21. The van der Waals surface area contributed by atoms with Gasteiger partial charge in [0.1, 0.15) is 10.7 Å². The molecule has 27 heavy (non-hydrogen) atoms. The monoisotopic (exact) mass is 387 g/mol. The molecule has 2 aromatic heterocycles. The van der Waals surface area contributed by atoms with Crippen LogP contribution in [0, 0.1) is 0 Å². The van der Waals surface area contributed by atoms with Gasteiger partial charge in [-0.25, -0.2) is 4.98 Å². The number of aromatic amines is 1. The van der Waals surface area contributed by atoms with Crippen molar-refractivity contribution in [3.8, 4) is 17.2 Å². The molecule has 0 amide bonds. The number of hydrogen-bond donors (Lipinski definition) is 2. The van der Waals surface area contributed by atoms with E-state index in [4.69, 9.17) is 14.2 Å². The molecule has 0 unspecified atom stereocenters. The van der Waals surface area contributed by atoms with Gasteiger partial charge in [-0.05, 0) is 24.8 Å². The number of methoxy groups -OCH3 is 3. The van der Waals surface area contributed by atoms with E-state index in [1.54, 1.807) is 32.7 Å². The fraction of sp³-hybridized carbons (Fsp3) is 0.368. The molecule has 8 heteroatoms. The Morgan fingerprint density at radius 1 is 1.15 bits per heavy atom. The Kier molecular flexibility index (Phi) is 4.65. The van der Waals surface area contributed by atoms with Crippen molar-refractivity contribution in [2.24, 2.45) is 0 Å². The first-order valence-electron chi connectivity index (χ1n) is 8.72. The first-order chi connectivity index (χ1) is 13.1. The number of nitrogens with zero attached hydrogens (tertiary/aromatic N) is 1. The highest BCUT2D eigenvalue weighted by atomic mass is 32.1. The lowest BCUT2D eigenvalue weighted by atomic mass is 10.2. The number of hydrogen-bond acceptors (Lipinski definition) is 7. The molecule has 0 atom stereocenters. The van der Waals surface area contributed by atoms with Crippen molar-refractivity contribution < 1.29 is 14.2 Å². The number of anilines is 1. The van der Waals surface area contributed by atoms with Gasteiger partial charge >= 0.3 is 0 Å². The minimum atomic E-state index is -0.0545. The molecule has 0 spiro atoms. The molecule has 0 aliphatic heterocycles. The molecule has 0 saturated heterocycles. The zero-order valence-corrected chi connectivity index (χ0v) is 16.3. The number of nitrogens with one attached hydrogen (secondary N) is 2. The van der Waals surface area contributed by atoms with Crippen LogP contribution in [-0.2, 0) is 19.4 Å². The van der Waals surface area contributed by atoms with Crippen molar-refractivity contribution in [1.82, 2.24) is 9.97 Å². The smallest absolute Gasteiger partial charge is 0.259 e. The van der Waals surface area contributed by atoms with Crippen molar-refractivity contribution in [1.29, 1.82) is 0 Å². The van der Waals surface area contributed by atoms with Gasteiger partial charge in [0.05, 0.1) is 33.3 Å².